The van der Waals surface area contributed by atoms with Gasteiger partial charge in [0.05, 0.1) is 10.5 Å². The quantitative estimate of drug-likeness (QED) is 0.693. The molecule has 31 heavy (non-hydrogen) atoms. The molecule has 1 heterocycles. The minimum absolute atomic E-state index is 0.0718. The van der Waals surface area contributed by atoms with E-state index in [4.69, 9.17) is 4.74 Å². The molecule has 0 atom stereocenters. The van der Waals surface area contributed by atoms with E-state index in [2.05, 4.69) is 0 Å². The zero-order valence-corrected chi connectivity index (χ0v) is 18.0. The second-order valence-electron chi connectivity index (χ2n) is 7.34. The summed E-state index contributed by atoms with van der Waals surface area (Å²) in [6.45, 7) is 3.53. The number of hydrogen-bond acceptors (Lipinski definition) is 4. The zero-order valence-electron chi connectivity index (χ0n) is 17.1. The molecule has 0 bridgehead atoms. The summed E-state index contributed by atoms with van der Waals surface area (Å²) in [5.41, 5.74) is 0.680. The van der Waals surface area contributed by atoms with E-state index in [1.807, 2.05) is 32.0 Å². The molecule has 0 aromatic heterocycles. The molecule has 1 aliphatic rings. The first kappa shape index (κ1) is 23.1. The third kappa shape index (κ3) is 5.19. The van der Waals surface area contributed by atoms with Crippen molar-refractivity contribution in [3.8, 4) is 5.75 Å². The molecule has 1 fully saturated rings. The third-order valence-electron chi connectivity index (χ3n) is 5.10. The molecule has 1 saturated heterocycles. The summed E-state index contributed by atoms with van der Waals surface area (Å²) in [6, 6.07) is 9.75. The first-order valence-corrected chi connectivity index (χ1v) is 11.1. The van der Waals surface area contributed by atoms with Crippen molar-refractivity contribution < 1.29 is 31.1 Å². The van der Waals surface area contributed by atoms with E-state index in [0.717, 1.165) is 33.6 Å². The highest BCUT2D eigenvalue weighted by molar-refractivity contribution is 7.89. The largest absolute Gasteiger partial charge is 0.483 e. The standard InChI is InChI=1S/C21H23F3N2O4S/c1-15-7-8-16(2)18(13-15)30-14-20(27)25-9-11-26(12-10-25)31(28,29)19-6-4-3-5-17(19)21(22,23)24/h3-8,13H,9-12,14H2,1-2H3. The van der Waals surface area contributed by atoms with E-state index in [-0.39, 0.29) is 38.7 Å². The highest BCUT2D eigenvalue weighted by atomic mass is 32.2. The molecule has 1 amide bonds. The molecule has 0 radical (unpaired) electrons. The van der Waals surface area contributed by atoms with Crippen LogP contribution in [0.25, 0.3) is 0 Å². The molecule has 0 N–H and O–H groups in total. The number of carbonyl (C=O) groups excluding carboxylic acids is 1. The van der Waals surface area contributed by atoms with Gasteiger partial charge in [0.15, 0.2) is 6.61 Å². The molecular weight excluding hydrogens is 433 g/mol. The average Bonchev–Trinajstić information content (AvgIpc) is 2.73. The highest BCUT2D eigenvalue weighted by Gasteiger charge is 2.39. The van der Waals surface area contributed by atoms with Crippen LogP contribution in [0.4, 0.5) is 13.2 Å². The van der Waals surface area contributed by atoms with Gasteiger partial charge in [0.25, 0.3) is 5.91 Å². The van der Waals surface area contributed by atoms with Gasteiger partial charge in [-0.1, -0.05) is 24.3 Å². The van der Waals surface area contributed by atoms with Gasteiger partial charge < -0.3 is 9.64 Å². The van der Waals surface area contributed by atoms with E-state index in [1.165, 1.54) is 11.0 Å². The van der Waals surface area contributed by atoms with Gasteiger partial charge in [-0.2, -0.15) is 17.5 Å². The normalized spacial score (nSPS) is 15.7. The van der Waals surface area contributed by atoms with E-state index in [1.54, 1.807) is 0 Å². The Morgan fingerprint density at radius 1 is 1.03 bits per heavy atom. The Labute approximate surface area is 179 Å². The van der Waals surface area contributed by atoms with Gasteiger partial charge in [-0.15, -0.1) is 0 Å². The summed E-state index contributed by atoms with van der Waals surface area (Å²) in [5, 5.41) is 0. The average molecular weight is 456 g/mol. The Morgan fingerprint density at radius 3 is 2.32 bits per heavy atom. The fourth-order valence-corrected chi connectivity index (χ4v) is 4.97. The third-order valence-corrected chi connectivity index (χ3v) is 7.05. The second kappa shape index (κ2) is 8.88. The lowest BCUT2D eigenvalue weighted by atomic mass is 10.1. The molecule has 2 aromatic rings. The number of benzene rings is 2. The maximum Gasteiger partial charge on any atom is 0.417 e. The van der Waals surface area contributed by atoms with Gasteiger partial charge in [-0.3, -0.25) is 4.79 Å². The highest BCUT2D eigenvalue weighted by Crippen LogP contribution is 2.35. The van der Waals surface area contributed by atoms with Crippen LogP contribution in [0.2, 0.25) is 0 Å². The molecule has 6 nitrogen and oxygen atoms in total. The molecule has 1 aliphatic heterocycles. The lowest BCUT2D eigenvalue weighted by Crippen LogP contribution is -2.51. The van der Waals surface area contributed by atoms with Crippen molar-refractivity contribution in [3.05, 3.63) is 59.2 Å². The number of nitrogens with zero attached hydrogens (tertiary/aromatic N) is 2. The van der Waals surface area contributed by atoms with Crippen molar-refractivity contribution in [2.24, 2.45) is 0 Å². The number of hydrogen-bond donors (Lipinski definition) is 0. The molecule has 0 unspecified atom stereocenters. The van der Waals surface area contributed by atoms with E-state index in [0.29, 0.717) is 5.75 Å². The number of carbonyl (C=O) groups is 1. The molecule has 168 valence electrons. The summed E-state index contributed by atoms with van der Waals surface area (Å²) in [5.74, 6) is 0.284. The minimum atomic E-state index is -4.79. The van der Waals surface area contributed by atoms with Gasteiger partial charge in [0.2, 0.25) is 10.0 Å². The number of rotatable bonds is 5. The van der Waals surface area contributed by atoms with Crippen molar-refractivity contribution in [3.63, 3.8) is 0 Å². The Balaban J connectivity index is 1.64. The number of amides is 1. The first-order chi connectivity index (χ1) is 14.5. The topological polar surface area (TPSA) is 66.9 Å². The predicted octanol–water partition coefficient (Wildman–Crippen LogP) is 3.23. The van der Waals surface area contributed by atoms with Gasteiger partial charge in [-0.25, -0.2) is 8.42 Å². The summed E-state index contributed by atoms with van der Waals surface area (Å²) >= 11 is 0. The smallest absolute Gasteiger partial charge is 0.417 e. The van der Waals surface area contributed by atoms with Crippen LogP contribution in [-0.4, -0.2) is 56.3 Å². The van der Waals surface area contributed by atoms with Crippen molar-refractivity contribution >= 4 is 15.9 Å². The van der Waals surface area contributed by atoms with E-state index in [9.17, 15) is 26.4 Å². The first-order valence-electron chi connectivity index (χ1n) is 9.64. The van der Waals surface area contributed by atoms with E-state index < -0.39 is 26.7 Å². The van der Waals surface area contributed by atoms with E-state index >= 15 is 0 Å². The molecule has 0 spiro atoms. The van der Waals surface area contributed by atoms with Crippen LogP contribution in [0, 0.1) is 13.8 Å². The Bertz CT molecular complexity index is 1060. The monoisotopic (exact) mass is 456 g/mol. The fraction of sp³-hybridized carbons (Fsp3) is 0.381. The van der Waals surface area contributed by atoms with Crippen molar-refractivity contribution in [2.45, 2.75) is 24.9 Å². The fourth-order valence-electron chi connectivity index (χ4n) is 3.34. The number of alkyl halides is 3. The van der Waals surface area contributed by atoms with Crippen LogP contribution in [0.1, 0.15) is 16.7 Å². The Hall–Kier alpha value is -2.59. The van der Waals surface area contributed by atoms with Crippen LogP contribution in [0.3, 0.4) is 0 Å². The van der Waals surface area contributed by atoms with Gasteiger partial charge in [0.1, 0.15) is 5.75 Å². The molecule has 3 rings (SSSR count). The number of halogens is 3. The predicted molar refractivity (Wildman–Crippen MR) is 108 cm³/mol. The number of piperazine rings is 1. The maximum atomic E-state index is 13.2. The summed E-state index contributed by atoms with van der Waals surface area (Å²) in [6.07, 6.45) is -4.79. The summed E-state index contributed by atoms with van der Waals surface area (Å²) in [4.78, 5) is 13.1. The SMILES string of the molecule is Cc1ccc(C)c(OCC(=O)N2CCN(S(=O)(=O)c3ccccc3C(F)(F)F)CC2)c1. The van der Waals surface area contributed by atoms with Crippen LogP contribution in [-0.2, 0) is 21.0 Å². The van der Waals surface area contributed by atoms with Crippen molar-refractivity contribution in [1.82, 2.24) is 9.21 Å². The molecule has 0 aliphatic carbocycles. The molecular formula is C21H23F3N2O4S. The summed E-state index contributed by atoms with van der Waals surface area (Å²) in [7, 11) is -4.35. The Morgan fingerprint density at radius 2 is 1.68 bits per heavy atom. The second-order valence-corrected chi connectivity index (χ2v) is 9.24. The number of sulfonamides is 1. The van der Waals surface area contributed by atoms with Gasteiger partial charge in [0, 0.05) is 26.2 Å². The van der Waals surface area contributed by atoms with Crippen LogP contribution in [0.15, 0.2) is 47.4 Å². The zero-order chi connectivity index (χ0) is 22.8. The molecule has 2 aromatic carbocycles. The minimum Gasteiger partial charge on any atom is -0.483 e. The Kier molecular flexibility index (Phi) is 6.61. The van der Waals surface area contributed by atoms with Gasteiger partial charge in [-0.05, 0) is 43.2 Å². The van der Waals surface area contributed by atoms with Crippen LogP contribution < -0.4 is 4.74 Å². The van der Waals surface area contributed by atoms with Gasteiger partial charge >= 0.3 is 6.18 Å². The summed E-state index contributed by atoms with van der Waals surface area (Å²) < 4.78 is 71.9. The van der Waals surface area contributed by atoms with Crippen LogP contribution in [0.5, 0.6) is 5.75 Å². The number of ether oxygens (including phenoxy) is 1. The lowest BCUT2D eigenvalue weighted by Gasteiger charge is -2.34. The van der Waals surface area contributed by atoms with Crippen molar-refractivity contribution in [1.29, 1.82) is 0 Å². The molecule has 0 saturated carbocycles. The maximum absolute atomic E-state index is 13.2. The lowest BCUT2D eigenvalue weighted by molar-refractivity contribution is -0.139. The number of aryl methyl sites for hydroxylation is 2. The van der Waals surface area contributed by atoms with Crippen LogP contribution >= 0.6 is 0 Å². The molecule has 10 heteroatoms. The van der Waals surface area contributed by atoms with Crippen molar-refractivity contribution in [2.75, 3.05) is 32.8 Å².